The molecular weight excluding hydrogens is 511 g/mol. The highest BCUT2D eigenvalue weighted by Crippen LogP contribution is 2.62. The Bertz CT molecular complexity index is 689. The molecule has 0 aromatic carbocycles. The molecule has 184 valence electrons. The second-order valence-corrected chi connectivity index (χ2v) is 6.06. The predicted octanol–water partition coefficient (Wildman–Crippen LogP) is 3.77. The lowest BCUT2D eigenvalue weighted by Gasteiger charge is -2.41. The second kappa shape index (κ2) is 7.98. The largest absolute Gasteiger partial charge is 0.460 e. The maximum absolute atomic E-state index is 12.8. The summed E-state index contributed by atoms with van der Waals surface area (Å²) in [5.74, 6) is -49.2. The van der Waals surface area contributed by atoms with Crippen LogP contribution in [0.1, 0.15) is 0 Å². The number of nitrogens with two attached hydrogens (primary N) is 2. The molecule has 0 rings (SSSR count). The molecule has 0 unspecified atom stereocenters. The highest BCUT2D eigenvalue weighted by Gasteiger charge is 2.94. The third-order valence-electron chi connectivity index (χ3n) is 2.63. The zero-order valence-electron chi connectivity index (χ0n) is 12.9. The summed E-state index contributed by atoms with van der Waals surface area (Å²) in [5, 5.41) is 8.21. The van der Waals surface area contributed by atoms with Gasteiger partial charge in [0.25, 0.3) is 10.2 Å². The molecule has 0 fully saturated rings. The molecule has 0 aromatic heterocycles. The van der Waals surface area contributed by atoms with Gasteiger partial charge in [-0.1, -0.05) is 0 Å². The molecule has 0 radical (unpaired) electrons. The third-order valence-corrected chi connectivity index (χ3v) is 2.63. The molecule has 22 heteroatoms. The Morgan fingerprint density at radius 3 is 0.900 bits per heavy atom. The summed E-state index contributed by atoms with van der Waals surface area (Å²) < 4.78 is 227. The standard InChI is InChI=1S/C8HF17.H4N2O2S/c9-1(10)2(11,12)3(13,14)4(15,16)5(17,18)6(19,20)7(21,22)8(23,24)25;1-5(2,3)4/h1H;(H4,1,2,3,4). The summed E-state index contributed by atoms with van der Waals surface area (Å²) in [7, 11) is -3.67. The summed E-state index contributed by atoms with van der Waals surface area (Å²) in [6.07, 6.45) is -13.6. The van der Waals surface area contributed by atoms with E-state index in [9.17, 15) is 83.1 Å². The minimum absolute atomic E-state index is 3.67. The molecular formula is C8H5F17N2O2S. The fourth-order valence-corrected chi connectivity index (χ4v) is 1.12. The molecule has 30 heavy (non-hydrogen) atoms. The van der Waals surface area contributed by atoms with Crippen molar-refractivity contribution in [1.29, 1.82) is 0 Å². The Labute approximate surface area is 153 Å². The van der Waals surface area contributed by atoms with Crippen molar-refractivity contribution in [3.63, 3.8) is 0 Å². The van der Waals surface area contributed by atoms with Crippen LogP contribution in [-0.4, -0.2) is 56.6 Å². The van der Waals surface area contributed by atoms with Gasteiger partial charge in [0.15, 0.2) is 0 Å². The molecule has 0 aliphatic carbocycles. The number of alkyl halides is 17. The minimum Gasteiger partial charge on any atom is -0.216 e. The zero-order valence-corrected chi connectivity index (χ0v) is 13.7. The van der Waals surface area contributed by atoms with Crippen LogP contribution in [0.25, 0.3) is 0 Å². The average Bonchev–Trinajstić information content (AvgIpc) is 2.42. The fourth-order valence-electron chi connectivity index (χ4n) is 1.12. The van der Waals surface area contributed by atoms with Gasteiger partial charge in [-0.3, -0.25) is 0 Å². The Kier molecular flexibility index (Phi) is 8.21. The summed E-state index contributed by atoms with van der Waals surface area (Å²) in [6, 6.07) is 0. The summed E-state index contributed by atoms with van der Waals surface area (Å²) >= 11 is 0. The van der Waals surface area contributed by atoms with E-state index in [1.165, 1.54) is 0 Å². The first-order chi connectivity index (χ1) is 12.4. The van der Waals surface area contributed by atoms with Crippen LogP contribution in [0, 0.1) is 0 Å². The van der Waals surface area contributed by atoms with Crippen molar-refractivity contribution in [2.45, 2.75) is 48.1 Å². The van der Waals surface area contributed by atoms with Crippen LogP contribution in [0.15, 0.2) is 0 Å². The van der Waals surface area contributed by atoms with Crippen molar-refractivity contribution < 1.29 is 83.1 Å². The first-order valence-electron chi connectivity index (χ1n) is 5.86. The van der Waals surface area contributed by atoms with Gasteiger partial charge in [-0.05, 0) is 0 Å². The van der Waals surface area contributed by atoms with Crippen LogP contribution in [-0.2, 0) is 10.2 Å². The van der Waals surface area contributed by atoms with E-state index >= 15 is 0 Å². The Hall–Kier alpha value is -1.32. The maximum Gasteiger partial charge on any atom is 0.460 e. The number of rotatable bonds is 6. The average molecular weight is 516 g/mol. The molecule has 0 bridgehead atoms. The second-order valence-electron chi connectivity index (χ2n) is 4.88. The van der Waals surface area contributed by atoms with Crippen LogP contribution in [0.4, 0.5) is 74.6 Å². The van der Waals surface area contributed by atoms with Gasteiger partial charge in [0.05, 0.1) is 0 Å². The van der Waals surface area contributed by atoms with Crippen molar-refractivity contribution in [3.8, 4) is 0 Å². The van der Waals surface area contributed by atoms with E-state index in [1.807, 2.05) is 0 Å². The number of halogens is 17. The van der Waals surface area contributed by atoms with Gasteiger partial charge in [-0.2, -0.15) is 74.3 Å². The van der Waals surface area contributed by atoms with E-state index in [2.05, 4.69) is 10.3 Å². The van der Waals surface area contributed by atoms with E-state index in [4.69, 9.17) is 0 Å². The summed E-state index contributed by atoms with van der Waals surface area (Å²) in [4.78, 5) is 0. The third kappa shape index (κ3) is 5.11. The van der Waals surface area contributed by atoms with Crippen LogP contribution >= 0.6 is 0 Å². The van der Waals surface area contributed by atoms with Gasteiger partial charge in [-0.25, -0.2) is 19.1 Å². The molecule has 0 saturated heterocycles. The van der Waals surface area contributed by atoms with Crippen molar-refractivity contribution in [3.05, 3.63) is 0 Å². The smallest absolute Gasteiger partial charge is 0.216 e. The predicted molar refractivity (Wildman–Crippen MR) is 59.0 cm³/mol. The van der Waals surface area contributed by atoms with Crippen molar-refractivity contribution in [2.24, 2.45) is 10.3 Å². The molecule has 4 N–H and O–H groups in total. The SMILES string of the molecule is FC(F)C(F)(F)C(F)(F)C(F)(F)C(F)(F)C(F)(F)C(F)(F)C(F)(F)F.NS(N)(=O)=O. The fraction of sp³-hybridized carbons (Fsp3) is 1.00. The molecule has 4 nitrogen and oxygen atoms in total. The molecule has 0 atom stereocenters. The number of hydrogen-bond donors (Lipinski definition) is 2. The Balaban J connectivity index is 0. The van der Waals surface area contributed by atoms with Crippen molar-refractivity contribution >= 4 is 10.2 Å². The maximum atomic E-state index is 12.8. The Morgan fingerprint density at radius 2 is 0.700 bits per heavy atom. The lowest BCUT2D eigenvalue weighted by molar-refractivity contribution is -0.456. The highest BCUT2D eigenvalue weighted by atomic mass is 32.2. The van der Waals surface area contributed by atoms with Gasteiger partial charge in [0, 0.05) is 0 Å². The van der Waals surface area contributed by atoms with Gasteiger partial charge in [0.1, 0.15) is 0 Å². The van der Waals surface area contributed by atoms with Crippen molar-refractivity contribution in [1.82, 2.24) is 0 Å². The topological polar surface area (TPSA) is 86.2 Å². The van der Waals surface area contributed by atoms with Gasteiger partial charge in [0.2, 0.25) is 0 Å². The van der Waals surface area contributed by atoms with E-state index in [0.717, 1.165) is 0 Å². The lowest BCUT2D eigenvalue weighted by Crippen LogP contribution is -2.73. The highest BCUT2D eigenvalue weighted by molar-refractivity contribution is 7.86. The van der Waals surface area contributed by atoms with Gasteiger partial charge >= 0.3 is 48.1 Å². The molecule has 0 amide bonds. The lowest BCUT2D eigenvalue weighted by atomic mass is 9.91. The first kappa shape index (κ1) is 30.9. The van der Waals surface area contributed by atoms with E-state index in [0.29, 0.717) is 0 Å². The first-order valence-corrected chi connectivity index (χ1v) is 7.47. The van der Waals surface area contributed by atoms with Crippen LogP contribution in [0.5, 0.6) is 0 Å². The molecule has 0 aliphatic rings. The summed E-state index contributed by atoms with van der Waals surface area (Å²) in [6.45, 7) is 0. The van der Waals surface area contributed by atoms with Gasteiger partial charge in [-0.15, -0.1) is 0 Å². The molecule has 0 spiro atoms. The van der Waals surface area contributed by atoms with E-state index in [1.54, 1.807) is 0 Å². The van der Waals surface area contributed by atoms with Gasteiger partial charge < -0.3 is 0 Å². The minimum atomic E-state index is -8.54. The Morgan fingerprint density at radius 1 is 0.500 bits per heavy atom. The normalized spacial score (nSPS) is 15.7. The zero-order chi connectivity index (χ0) is 25.6. The van der Waals surface area contributed by atoms with Crippen molar-refractivity contribution in [2.75, 3.05) is 0 Å². The molecule has 0 aromatic rings. The molecule has 0 aliphatic heterocycles. The van der Waals surface area contributed by atoms with Crippen LogP contribution in [0.2, 0.25) is 0 Å². The molecule has 0 heterocycles. The summed E-state index contributed by atoms with van der Waals surface area (Å²) in [5.41, 5.74) is 0. The molecule has 0 saturated carbocycles. The quantitative estimate of drug-likeness (QED) is 0.527. The monoisotopic (exact) mass is 516 g/mol. The number of hydrogen-bond acceptors (Lipinski definition) is 2. The van der Waals surface area contributed by atoms with Crippen LogP contribution < -0.4 is 10.3 Å². The van der Waals surface area contributed by atoms with E-state index in [-0.39, 0.29) is 0 Å². The van der Waals surface area contributed by atoms with Crippen LogP contribution in [0.3, 0.4) is 0 Å². The van der Waals surface area contributed by atoms with E-state index < -0.39 is 58.3 Å².